The zero-order valence-electron chi connectivity index (χ0n) is 12.1. The van der Waals surface area contributed by atoms with Crippen molar-refractivity contribution in [2.75, 3.05) is 20.2 Å². The molecule has 1 aliphatic heterocycles. The summed E-state index contributed by atoms with van der Waals surface area (Å²) in [4.78, 5) is 6.70. The third-order valence-corrected chi connectivity index (χ3v) is 4.24. The average molecular weight is 340 g/mol. The Morgan fingerprint density at radius 3 is 3.00 bits per heavy atom. The number of likely N-dealkylation sites (tertiary alicyclic amines) is 1. The Morgan fingerprint density at radius 2 is 2.35 bits per heavy atom. The summed E-state index contributed by atoms with van der Waals surface area (Å²) in [7, 11) is 1.66. The van der Waals surface area contributed by atoms with Gasteiger partial charge in [-0.25, -0.2) is 4.99 Å². The molecule has 1 saturated heterocycles. The van der Waals surface area contributed by atoms with Crippen LogP contribution in [0, 0.1) is 5.92 Å². The highest BCUT2D eigenvalue weighted by atomic mass is 79.9. The van der Waals surface area contributed by atoms with Crippen LogP contribution in [-0.4, -0.2) is 31.1 Å². The molecule has 0 aromatic heterocycles. The van der Waals surface area contributed by atoms with Crippen LogP contribution < -0.4 is 10.5 Å². The molecule has 1 unspecified atom stereocenters. The van der Waals surface area contributed by atoms with Crippen molar-refractivity contribution in [1.29, 1.82) is 0 Å². The Labute approximate surface area is 129 Å². The zero-order valence-corrected chi connectivity index (χ0v) is 13.7. The summed E-state index contributed by atoms with van der Waals surface area (Å²) in [6.45, 7) is 4.90. The van der Waals surface area contributed by atoms with Crippen LogP contribution in [0.3, 0.4) is 0 Å². The summed E-state index contributed by atoms with van der Waals surface area (Å²) in [5.74, 6) is 2.19. The van der Waals surface area contributed by atoms with Crippen molar-refractivity contribution in [3.05, 3.63) is 28.2 Å². The number of piperidine rings is 1. The van der Waals surface area contributed by atoms with Crippen molar-refractivity contribution in [3.8, 4) is 5.75 Å². The van der Waals surface area contributed by atoms with Crippen LogP contribution in [0.5, 0.6) is 5.75 Å². The molecule has 1 atom stereocenters. The van der Waals surface area contributed by atoms with Crippen LogP contribution in [0.2, 0.25) is 0 Å². The summed E-state index contributed by atoms with van der Waals surface area (Å²) in [6, 6.07) is 5.97. The first-order chi connectivity index (χ1) is 9.60. The van der Waals surface area contributed by atoms with Crippen LogP contribution in [0.15, 0.2) is 27.7 Å². The van der Waals surface area contributed by atoms with E-state index >= 15 is 0 Å². The first kappa shape index (κ1) is 15.2. The summed E-state index contributed by atoms with van der Waals surface area (Å²) in [5.41, 5.74) is 7.21. The number of benzene rings is 1. The average Bonchev–Trinajstić information content (AvgIpc) is 2.45. The summed E-state index contributed by atoms with van der Waals surface area (Å²) in [6.07, 6.45) is 2.49. The molecule has 0 amide bonds. The molecule has 20 heavy (non-hydrogen) atoms. The minimum atomic E-state index is 0.597. The van der Waals surface area contributed by atoms with Gasteiger partial charge in [0.2, 0.25) is 0 Å². The molecule has 4 nitrogen and oxygen atoms in total. The van der Waals surface area contributed by atoms with Crippen molar-refractivity contribution in [1.82, 2.24) is 4.90 Å². The second kappa shape index (κ2) is 6.97. The van der Waals surface area contributed by atoms with Gasteiger partial charge >= 0.3 is 0 Å². The summed E-state index contributed by atoms with van der Waals surface area (Å²) in [5, 5.41) is 0. The fraction of sp³-hybridized carbons (Fsp3) is 0.533. The molecule has 1 aliphatic rings. The minimum absolute atomic E-state index is 0.597. The number of hydrogen-bond acceptors (Lipinski definition) is 2. The Bertz CT molecular complexity index is 490. The molecule has 110 valence electrons. The van der Waals surface area contributed by atoms with E-state index in [9.17, 15) is 0 Å². The SMILES string of the molecule is COc1ccc(CN=C(N)N2CCCC(C)C2)cc1Br. The van der Waals surface area contributed by atoms with Gasteiger partial charge in [0, 0.05) is 13.1 Å². The number of nitrogens with zero attached hydrogens (tertiary/aromatic N) is 2. The van der Waals surface area contributed by atoms with Gasteiger partial charge < -0.3 is 15.4 Å². The quantitative estimate of drug-likeness (QED) is 0.680. The van der Waals surface area contributed by atoms with Crippen molar-refractivity contribution in [2.24, 2.45) is 16.6 Å². The van der Waals surface area contributed by atoms with Crippen LogP contribution >= 0.6 is 15.9 Å². The number of nitrogens with two attached hydrogens (primary N) is 1. The normalized spacial score (nSPS) is 20.1. The lowest BCUT2D eigenvalue weighted by molar-refractivity contribution is 0.270. The second-order valence-electron chi connectivity index (χ2n) is 5.34. The van der Waals surface area contributed by atoms with Gasteiger partial charge in [-0.05, 0) is 52.4 Å². The van der Waals surface area contributed by atoms with E-state index in [1.807, 2.05) is 18.2 Å². The fourth-order valence-electron chi connectivity index (χ4n) is 2.48. The molecule has 0 radical (unpaired) electrons. The van der Waals surface area contributed by atoms with E-state index < -0.39 is 0 Å². The van der Waals surface area contributed by atoms with Crippen LogP contribution in [0.1, 0.15) is 25.3 Å². The predicted molar refractivity (Wildman–Crippen MR) is 86.0 cm³/mol. The Kier molecular flexibility index (Phi) is 5.29. The molecule has 1 aromatic carbocycles. The Morgan fingerprint density at radius 1 is 1.55 bits per heavy atom. The molecular formula is C15H22BrN3O. The maximum absolute atomic E-state index is 6.09. The van der Waals surface area contributed by atoms with Crippen LogP contribution in [0.25, 0.3) is 0 Å². The Balaban J connectivity index is 1.99. The van der Waals surface area contributed by atoms with Gasteiger partial charge in [0.25, 0.3) is 0 Å². The molecular weight excluding hydrogens is 318 g/mol. The third kappa shape index (κ3) is 3.88. The first-order valence-electron chi connectivity index (χ1n) is 6.97. The summed E-state index contributed by atoms with van der Waals surface area (Å²) >= 11 is 3.48. The smallest absolute Gasteiger partial charge is 0.191 e. The van der Waals surface area contributed by atoms with Gasteiger partial charge in [-0.2, -0.15) is 0 Å². The predicted octanol–water partition coefficient (Wildman–Crippen LogP) is 3.00. The number of aliphatic imine (C=N–C) groups is 1. The van der Waals surface area contributed by atoms with Gasteiger partial charge in [-0.1, -0.05) is 13.0 Å². The van der Waals surface area contributed by atoms with E-state index in [2.05, 4.69) is 32.7 Å². The number of hydrogen-bond donors (Lipinski definition) is 1. The Hall–Kier alpha value is -1.23. The highest BCUT2D eigenvalue weighted by Gasteiger charge is 2.17. The van der Waals surface area contributed by atoms with Gasteiger partial charge in [0.05, 0.1) is 18.1 Å². The van der Waals surface area contributed by atoms with Crippen molar-refractivity contribution >= 4 is 21.9 Å². The van der Waals surface area contributed by atoms with Crippen molar-refractivity contribution in [3.63, 3.8) is 0 Å². The standard InChI is InChI=1S/C15H22BrN3O/c1-11-4-3-7-19(10-11)15(17)18-9-12-5-6-14(20-2)13(16)8-12/h5-6,8,11H,3-4,7,9-10H2,1-2H3,(H2,17,18). The summed E-state index contributed by atoms with van der Waals surface area (Å²) < 4.78 is 6.16. The maximum Gasteiger partial charge on any atom is 0.191 e. The second-order valence-corrected chi connectivity index (χ2v) is 6.19. The highest BCUT2D eigenvalue weighted by molar-refractivity contribution is 9.10. The van der Waals surface area contributed by atoms with E-state index in [0.29, 0.717) is 18.4 Å². The van der Waals surface area contributed by atoms with E-state index in [4.69, 9.17) is 10.5 Å². The largest absolute Gasteiger partial charge is 0.496 e. The molecule has 0 saturated carbocycles. The van der Waals surface area contributed by atoms with Gasteiger partial charge in [-0.15, -0.1) is 0 Å². The first-order valence-corrected chi connectivity index (χ1v) is 7.76. The van der Waals surface area contributed by atoms with Crippen LogP contribution in [0.4, 0.5) is 0 Å². The molecule has 1 fully saturated rings. The maximum atomic E-state index is 6.09. The monoisotopic (exact) mass is 339 g/mol. The van der Waals surface area contributed by atoms with Gasteiger partial charge in [0.1, 0.15) is 5.75 Å². The van der Waals surface area contributed by atoms with E-state index in [1.54, 1.807) is 7.11 Å². The fourth-order valence-corrected chi connectivity index (χ4v) is 3.07. The number of halogens is 1. The van der Waals surface area contributed by atoms with E-state index in [0.717, 1.165) is 28.9 Å². The molecule has 1 aromatic rings. The van der Waals surface area contributed by atoms with Crippen molar-refractivity contribution < 1.29 is 4.74 Å². The lowest BCUT2D eigenvalue weighted by Crippen LogP contribution is -2.43. The zero-order chi connectivity index (χ0) is 14.5. The van der Waals surface area contributed by atoms with E-state index in [1.165, 1.54) is 12.8 Å². The number of guanidine groups is 1. The topological polar surface area (TPSA) is 50.9 Å². The molecule has 1 heterocycles. The molecule has 0 spiro atoms. The van der Waals surface area contributed by atoms with Gasteiger partial charge in [-0.3, -0.25) is 0 Å². The van der Waals surface area contributed by atoms with E-state index in [-0.39, 0.29) is 0 Å². The minimum Gasteiger partial charge on any atom is -0.496 e. The number of ether oxygens (including phenoxy) is 1. The number of methoxy groups -OCH3 is 1. The molecule has 2 rings (SSSR count). The number of rotatable bonds is 3. The highest BCUT2D eigenvalue weighted by Crippen LogP contribution is 2.25. The molecule has 0 bridgehead atoms. The molecule has 5 heteroatoms. The lowest BCUT2D eigenvalue weighted by Gasteiger charge is -2.31. The third-order valence-electron chi connectivity index (χ3n) is 3.62. The molecule has 2 N–H and O–H groups in total. The van der Waals surface area contributed by atoms with Crippen molar-refractivity contribution in [2.45, 2.75) is 26.3 Å². The van der Waals surface area contributed by atoms with Gasteiger partial charge in [0.15, 0.2) is 5.96 Å². The lowest BCUT2D eigenvalue weighted by atomic mass is 10.0. The van der Waals surface area contributed by atoms with Crippen LogP contribution in [-0.2, 0) is 6.54 Å². The molecule has 0 aliphatic carbocycles.